The molecule has 0 bridgehead atoms. The number of nitrogens with two attached hydrogens (primary N) is 1. The Morgan fingerprint density at radius 2 is 1.75 bits per heavy atom. The second-order valence-corrected chi connectivity index (χ2v) is 6.76. The molecule has 0 spiro atoms. The lowest BCUT2D eigenvalue weighted by molar-refractivity contribution is 0.602. The van der Waals surface area contributed by atoms with Crippen LogP contribution in [0.15, 0.2) is 42.5 Å². The Bertz CT molecular complexity index is 730. The zero-order valence-electron chi connectivity index (χ0n) is 11.2. The Hall–Kier alpha value is -1.72. The molecule has 0 aliphatic heterocycles. The molecule has 2 N–H and O–H groups in total. The Labute approximate surface area is 123 Å². The first-order valence-corrected chi connectivity index (χ1v) is 8.14. The zero-order chi connectivity index (χ0) is 14.9. The number of anilines is 3. The Morgan fingerprint density at radius 1 is 1.15 bits per heavy atom. The molecule has 0 aliphatic carbocycles. The lowest BCUT2D eigenvalue weighted by atomic mass is 10.1. The Morgan fingerprint density at radius 3 is 2.30 bits per heavy atom. The molecule has 2 aromatic rings. The predicted molar refractivity (Wildman–Crippen MR) is 84.0 cm³/mol. The van der Waals surface area contributed by atoms with Gasteiger partial charge in [-0.25, -0.2) is 12.7 Å². The number of hydrogen-bond acceptors (Lipinski definition) is 3. The maximum Gasteiger partial charge on any atom is 0.236 e. The maximum atomic E-state index is 12.1. The highest BCUT2D eigenvalue weighted by molar-refractivity contribution is 7.92. The standard InChI is InChI=1S/C14H15ClN2O2S/c1-10-8-13(16)12(15)9-14(10)17(20(2,18)19)11-6-4-3-5-7-11/h3-9H,16H2,1-2H3. The van der Waals surface area contributed by atoms with Crippen LogP contribution >= 0.6 is 11.6 Å². The van der Waals surface area contributed by atoms with Gasteiger partial charge in [-0.05, 0) is 36.8 Å². The van der Waals surface area contributed by atoms with Gasteiger partial charge in [0.05, 0.1) is 28.3 Å². The van der Waals surface area contributed by atoms with Crippen LogP contribution in [0.3, 0.4) is 0 Å². The SMILES string of the molecule is Cc1cc(N)c(Cl)cc1N(c1ccccc1)S(C)(=O)=O. The van der Waals surface area contributed by atoms with Gasteiger partial charge in [0.25, 0.3) is 0 Å². The second-order valence-electron chi connectivity index (χ2n) is 4.52. The van der Waals surface area contributed by atoms with E-state index in [2.05, 4.69) is 0 Å². The number of nitrogens with zero attached hydrogens (tertiary/aromatic N) is 1. The number of sulfonamides is 1. The van der Waals surface area contributed by atoms with Gasteiger partial charge in [-0.2, -0.15) is 0 Å². The number of rotatable bonds is 3. The Balaban J connectivity index is 2.69. The normalized spacial score (nSPS) is 11.3. The van der Waals surface area contributed by atoms with Crippen molar-refractivity contribution >= 4 is 38.7 Å². The fraction of sp³-hybridized carbons (Fsp3) is 0.143. The first-order valence-electron chi connectivity index (χ1n) is 5.91. The van der Waals surface area contributed by atoms with Gasteiger partial charge in [0.1, 0.15) is 0 Å². The molecule has 2 rings (SSSR count). The lowest BCUT2D eigenvalue weighted by Crippen LogP contribution is -2.25. The van der Waals surface area contributed by atoms with Crippen LogP contribution in [0.5, 0.6) is 0 Å². The highest BCUT2D eigenvalue weighted by atomic mass is 35.5. The van der Waals surface area contributed by atoms with Crippen LogP contribution in [0, 0.1) is 6.92 Å². The van der Waals surface area contributed by atoms with Crippen molar-refractivity contribution in [1.82, 2.24) is 0 Å². The van der Waals surface area contributed by atoms with Crippen molar-refractivity contribution in [2.45, 2.75) is 6.92 Å². The second kappa shape index (κ2) is 5.34. The highest BCUT2D eigenvalue weighted by Crippen LogP contribution is 2.35. The summed E-state index contributed by atoms with van der Waals surface area (Å²) in [7, 11) is -3.49. The maximum absolute atomic E-state index is 12.1. The monoisotopic (exact) mass is 310 g/mol. The first-order chi connectivity index (χ1) is 9.30. The number of hydrogen-bond donors (Lipinski definition) is 1. The van der Waals surface area contributed by atoms with E-state index in [-0.39, 0.29) is 0 Å². The van der Waals surface area contributed by atoms with Crippen LogP contribution in [0.1, 0.15) is 5.56 Å². The van der Waals surface area contributed by atoms with E-state index in [0.717, 1.165) is 11.8 Å². The molecular formula is C14H15ClN2O2S. The van der Waals surface area contributed by atoms with Crippen molar-refractivity contribution in [2.75, 3.05) is 16.3 Å². The number of para-hydroxylation sites is 1. The average molecular weight is 311 g/mol. The molecule has 0 saturated carbocycles. The van der Waals surface area contributed by atoms with Crippen molar-refractivity contribution in [3.05, 3.63) is 53.1 Å². The molecule has 0 aromatic heterocycles. The van der Waals surface area contributed by atoms with E-state index < -0.39 is 10.0 Å². The number of halogens is 1. The molecule has 0 radical (unpaired) electrons. The molecule has 0 amide bonds. The summed E-state index contributed by atoms with van der Waals surface area (Å²) in [5.41, 5.74) is 7.95. The van der Waals surface area contributed by atoms with E-state index in [4.69, 9.17) is 17.3 Å². The number of benzene rings is 2. The van der Waals surface area contributed by atoms with Crippen molar-refractivity contribution in [2.24, 2.45) is 0 Å². The minimum absolute atomic E-state index is 0.329. The minimum Gasteiger partial charge on any atom is -0.398 e. The molecule has 0 fully saturated rings. The van der Waals surface area contributed by atoms with E-state index in [1.165, 1.54) is 4.31 Å². The third kappa shape index (κ3) is 2.89. The largest absolute Gasteiger partial charge is 0.398 e. The van der Waals surface area contributed by atoms with Crippen LogP contribution in [0.4, 0.5) is 17.1 Å². The zero-order valence-corrected chi connectivity index (χ0v) is 12.7. The molecule has 4 nitrogen and oxygen atoms in total. The van der Waals surface area contributed by atoms with Crippen molar-refractivity contribution in [3.63, 3.8) is 0 Å². The van der Waals surface area contributed by atoms with E-state index in [1.807, 2.05) is 6.07 Å². The average Bonchev–Trinajstić information content (AvgIpc) is 2.35. The third-order valence-electron chi connectivity index (χ3n) is 2.86. The summed E-state index contributed by atoms with van der Waals surface area (Å²) in [5, 5.41) is 0.329. The summed E-state index contributed by atoms with van der Waals surface area (Å²) in [5.74, 6) is 0. The fourth-order valence-electron chi connectivity index (χ4n) is 1.98. The summed E-state index contributed by atoms with van der Waals surface area (Å²) in [6, 6.07) is 12.1. The summed E-state index contributed by atoms with van der Waals surface area (Å²) >= 11 is 6.02. The molecule has 0 saturated heterocycles. The van der Waals surface area contributed by atoms with Crippen molar-refractivity contribution in [1.29, 1.82) is 0 Å². The summed E-state index contributed by atoms with van der Waals surface area (Å²) < 4.78 is 25.5. The Kier molecular flexibility index (Phi) is 3.92. The van der Waals surface area contributed by atoms with Crippen LogP contribution in [-0.4, -0.2) is 14.7 Å². The fourth-order valence-corrected chi connectivity index (χ4v) is 3.20. The van der Waals surface area contributed by atoms with Crippen molar-refractivity contribution < 1.29 is 8.42 Å². The number of aryl methyl sites for hydroxylation is 1. The minimum atomic E-state index is -3.49. The van der Waals surface area contributed by atoms with Gasteiger partial charge in [0, 0.05) is 0 Å². The van der Waals surface area contributed by atoms with Crippen molar-refractivity contribution in [3.8, 4) is 0 Å². The van der Waals surface area contributed by atoms with Gasteiger partial charge in [0.15, 0.2) is 0 Å². The molecule has 0 atom stereocenters. The summed E-state index contributed by atoms with van der Waals surface area (Å²) in [6.07, 6.45) is 1.16. The van der Waals surface area contributed by atoms with Gasteiger partial charge in [-0.15, -0.1) is 0 Å². The molecule has 2 aromatic carbocycles. The molecule has 20 heavy (non-hydrogen) atoms. The van der Waals surface area contributed by atoms with Crippen LogP contribution < -0.4 is 10.0 Å². The molecule has 106 valence electrons. The van der Waals surface area contributed by atoms with Gasteiger partial charge < -0.3 is 5.73 Å². The molecule has 0 unspecified atom stereocenters. The van der Waals surface area contributed by atoms with Gasteiger partial charge >= 0.3 is 0 Å². The smallest absolute Gasteiger partial charge is 0.236 e. The molecule has 0 aliphatic rings. The van der Waals surface area contributed by atoms with E-state index in [1.54, 1.807) is 43.3 Å². The van der Waals surface area contributed by atoms with Gasteiger partial charge in [-0.3, -0.25) is 0 Å². The summed E-state index contributed by atoms with van der Waals surface area (Å²) in [4.78, 5) is 0. The van der Waals surface area contributed by atoms with E-state index in [9.17, 15) is 8.42 Å². The number of nitrogen functional groups attached to an aromatic ring is 1. The summed E-state index contributed by atoms with van der Waals surface area (Å²) in [6.45, 7) is 1.79. The van der Waals surface area contributed by atoms with Crippen LogP contribution in [0.25, 0.3) is 0 Å². The first kappa shape index (κ1) is 14.7. The topological polar surface area (TPSA) is 63.4 Å². The van der Waals surface area contributed by atoms with Gasteiger partial charge in [0.2, 0.25) is 10.0 Å². The quantitative estimate of drug-likeness (QED) is 0.884. The molecule has 6 heteroatoms. The molecular weight excluding hydrogens is 296 g/mol. The lowest BCUT2D eigenvalue weighted by Gasteiger charge is -2.24. The molecule has 0 heterocycles. The predicted octanol–water partition coefficient (Wildman–Crippen LogP) is 3.33. The van der Waals surface area contributed by atoms with Gasteiger partial charge in [-0.1, -0.05) is 29.8 Å². The van der Waals surface area contributed by atoms with E-state index in [0.29, 0.717) is 22.1 Å². The van der Waals surface area contributed by atoms with E-state index >= 15 is 0 Å². The highest BCUT2D eigenvalue weighted by Gasteiger charge is 2.22. The van der Waals surface area contributed by atoms with Crippen LogP contribution in [-0.2, 0) is 10.0 Å². The third-order valence-corrected chi connectivity index (χ3v) is 4.25. The van der Waals surface area contributed by atoms with Crippen LogP contribution in [0.2, 0.25) is 5.02 Å².